The van der Waals surface area contributed by atoms with Gasteiger partial charge in [0, 0.05) is 39.3 Å². The van der Waals surface area contributed by atoms with Crippen LogP contribution in [0.15, 0.2) is 36.4 Å². The smallest absolute Gasteiger partial charge is 0.220 e. The van der Waals surface area contributed by atoms with E-state index in [4.69, 9.17) is 11.6 Å². The number of carbonyl (C=O) groups is 1. The number of carbonyl (C=O) groups excluding carboxylic acids is 1. The minimum Gasteiger partial charge on any atom is -0.388 e. The predicted molar refractivity (Wildman–Crippen MR) is 143 cm³/mol. The highest BCUT2D eigenvalue weighted by molar-refractivity contribution is 6.30. The van der Waals surface area contributed by atoms with E-state index >= 15 is 0 Å². The van der Waals surface area contributed by atoms with E-state index in [0.717, 1.165) is 16.1 Å². The molecule has 0 bridgehead atoms. The molecule has 176 valence electrons. The van der Waals surface area contributed by atoms with Crippen LogP contribution in [0.25, 0.3) is 12.2 Å². The van der Waals surface area contributed by atoms with Gasteiger partial charge in [-0.15, -0.1) is 25.7 Å². The van der Waals surface area contributed by atoms with Gasteiger partial charge in [0.25, 0.3) is 0 Å². The minimum atomic E-state index is 0.0978. The summed E-state index contributed by atoms with van der Waals surface area (Å²) in [7, 11) is 3.25. The Morgan fingerprint density at radius 2 is 1.45 bits per heavy atom. The van der Waals surface area contributed by atoms with Gasteiger partial charge in [-0.3, -0.25) is 4.79 Å². The first-order valence-electron chi connectivity index (χ1n) is 10.9. The van der Waals surface area contributed by atoms with Gasteiger partial charge < -0.3 is 9.64 Å². The predicted octanol–water partition coefficient (Wildman–Crippen LogP) is 7.04. The van der Waals surface area contributed by atoms with Crippen LogP contribution in [-0.4, -0.2) is 25.0 Å². The van der Waals surface area contributed by atoms with E-state index in [2.05, 4.69) is 60.8 Å². The van der Waals surface area contributed by atoms with Crippen molar-refractivity contribution in [1.29, 1.82) is 0 Å². The third kappa shape index (κ3) is 9.58. The Bertz CT molecular complexity index is 933. The summed E-state index contributed by atoms with van der Waals surface area (Å²) in [5, 5.41) is 0.719. The summed E-state index contributed by atoms with van der Waals surface area (Å²) in [4.78, 5) is 14.1. The number of fused-ring (bicyclic) bond motifs is 2. The molecule has 0 saturated heterocycles. The molecule has 0 atom stereocenters. The zero-order chi connectivity index (χ0) is 25.4. The fraction of sp³-hybridized carbons (Fsp3) is 0.345. The van der Waals surface area contributed by atoms with Crippen LogP contribution < -0.4 is 0 Å². The van der Waals surface area contributed by atoms with Crippen molar-refractivity contribution in [2.45, 2.75) is 52.6 Å². The third-order valence-corrected chi connectivity index (χ3v) is 5.17. The van der Waals surface area contributed by atoms with E-state index in [0.29, 0.717) is 19.0 Å². The lowest BCUT2D eigenvalue weighted by Crippen LogP contribution is -2.28. The molecule has 2 aliphatic rings. The summed E-state index contributed by atoms with van der Waals surface area (Å²) in [6.07, 6.45) is 22.8. The molecule has 2 aromatic carbocycles. The highest BCUT2D eigenvalue weighted by Crippen LogP contribution is 2.41. The Morgan fingerprint density at radius 1 is 0.909 bits per heavy atom. The lowest BCUT2D eigenvalue weighted by molar-refractivity contribution is -0.130. The van der Waals surface area contributed by atoms with Crippen LogP contribution in [0.5, 0.6) is 0 Å². The van der Waals surface area contributed by atoms with Gasteiger partial charge >= 0.3 is 0 Å². The second-order valence-corrected chi connectivity index (χ2v) is 7.63. The fourth-order valence-corrected chi connectivity index (χ4v) is 3.51. The number of amides is 1. The molecule has 1 heterocycles. The highest BCUT2D eigenvalue weighted by Gasteiger charge is 2.24. The van der Waals surface area contributed by atoms with Gasteiger partial charge in [-0.1, -0.05) is 61.9 Å². The van der Waals surface area contributed by atoms with E-state index in [1.54, 1.807) is 21.1 Å². The molecular weight excluding hydrogens is 430 g/mol. The molecule has 4 heteroatoms. The van der Waals surface area contributed by atoms with Crippen molar-refractivity contribution in [3.8, 4) is 25.7 Å². The summed E-state index contributed by atoms with van der Waals surface area (Å²) in [6.45, 7) is 6.90. The van der Waals surface area contributed by atoms with Gasteiger partial charge in [0.1, 0.15) is 0 Å². The number of halogens is 1. The molecule has 1 amide bonds. The second kappa shape index (κ2) is 16.6. The average Bonchev–Trinajstić information content (AvgIpc) is 3.68. The Hall–Kier alpha value is -2.98. The van der Waals surface area contributed by atoms with E-state index in [-0.39, 0.29) is 5.91 Å². The number of rotatable bonds is 1. The molecule has 0 spiro atoms. The van der Waals surface area contributed by atoms with Crippen molar-refractivity contribution < 1.29 is 9.53 Å². The number of methoxy groups -OCH3 is 1. The molecule has 2 aromatic rings. The van der Waals surface area contributed by atoms with Gasteiger partial charge in [0.2, 0.25) is 5.91 Å². The van der Waals surface area contributed by atoms with Crippen molar-refractivity contribution in [3.63, 3.8) is 0 Å². The van der Waals surface area contributed by atoms with Crippen molar-refractivity contribution in [2.75, 3.05) is 14.2 Å². The van der Waals surface area contributed by atoms with Gasteiger partial charge in [-0.25, -0.2) is 0 Å². The highest BCUT2D eigenvalue weighted by atomic mass is 35.5. The maximum atomic E-state index is 12.2. The molecule has 1 fully saturated rings. The number of terminal acetylenes is 2. The van der Waals surface area contributed by atoms with Crippen LogP contribution in [0.4, 0.5) is 0 Å². The van der Waals surface area contributed by atoms with E-state index < -0.39 is 0 Å². The Kier molecular flexibility index (Phi) is 15.1. The monoisotopic (exact) mass is 465 g/mol. The third-order valence-electron chi connectivity index (χ3n) is 4.93. The molecule has 0 radical (unpaired) electrons. The number of ether oxygens (including phenoxy) is 1. The topological polar surface area (TPSA) is 29.5 Å². The normalized spacial score (nSPS) is 13.9. The van der Waals surface area contributed by atoms with Gasteiger partial charge in [0.05, 0.1) is 0 Å². The second-order valence-electron chi connectivity index (χ2n) is 7.19. The van der Waals surface area contributed by atoms with Crippen molar-refractivity contribution >= 4 is 29.7 Å². The van der Waals surface area contributed by atoms with Crippen LogP contribution in [0.1, 0.15) is 67.3 Å². The SMILES string of the molecule is C#C.C#C.CC.CC(=O)N1Cc2ccc(Cl)cc2/C=C\c2ccc(C3CC3)cc2C1.COC. The van der Waals surface area contributed by atoms with Crippen LogP contribution in [-0.2, 0) is 22.6 Å². The van der Waals surface area contributed by atoms with Crippen molar-refractivity contribution in [2.24, 2.45) is 0 Å². The molecule has 3 nitrogen and oxygen atoms in total. The van der Waals surface area contributed by atoms with Crippen LogP contribution in [0.2, 0.25) is 5.02 Å². The lowest BCUT2D eigenvalue weighted by atomic mass is 10.00. The molecule has 33 heavy (non-hydrogen) atoms. The molecule has 1 saturated carbocycles. The molecule has 1 aliphatic heterocycles. The van der Waals surface area contributed by atoms with E-state index in [1.165, 1.54) is 29.5 Å². The fourth-order valence-electron chi connectivity index (χ4n) is 3.33. The summed E-state index contributed by atoms with van der Waals surface area (Å²) in [5.41, 5.74) is 6.02. The van der Waals surface area contributed by atoms with Gasteiger partial charge in [0.15, 0.2) is 0 Å². The van der Waals surface area contributed by atoms with Crippen LogP contribution >= 0.6 is 11.6 Å². The lowest BCUT2D eigenvalue weighted by Gasteiger charge is -2.23. The summed E-state index contributed by atoms with van der Waals surface area (Å²) >= 11 is 6.16. The first-order valence-corrected chi connectivity index (χ1v) is 11.3. The number of hydrogen-bond acceptors (Lipinski definition) is 2. The molecule has 4 rings (SSSR count). The van der Waals surface area contributed by atoms with E-state index in [1.807, 2.05) is 36.9 Å². The van der Waals surface area contributed by atoms with Gasteiger partial charge in [-0.2, -0.15) is 0 Å². The van der Waals surface area contributed by atoms with Crippen LogP contribution in [0.3, 0.4) is 0 Å². The Labute approximate surface area is 205 Å². The number of nitrogens with zero attached hydrogens (tertiary/aromatic N) is 1. The zero-order valence-electron chi connectivity index (χ0n) is 20.5. The Balaban J connectivity index is 0.00000101. The van der Waals surface area contributed by atoms with Crippen molar-refractivity contribution in [3.05, 3.63) is 69.2 Å². The number of hydrogen-bond donors (Lipinski definition) is 0. The maximum Gasteiger partial charge on any atom is 0.220 e. The van der Waals surface area contributed by atoms with Crippen molar-refractivity contribution in [1.82, 2.24) is 4.90 Å². The molecule has 0 N–H and O–H groups in total. The minimum absolute atomic E-state index is 0.0978. The van der Waals surface area contributed by atoms with Crippen LogP contribution in [0, 0.1) is 25.7 Å². The maximum absolute atomic E-state index is 12.2. The first kappa shape index (κ1) is 30.0. The average molecular weight is 466 g/mol. The Morgan fingerprint density at radius 3 is 2.00 bits per heavy atom. The summed E-state index contributed by atoms with van der Waals surface area (Å²) in [6, 6.07) is 12.6. The largest absolute Gasteiger partial charge is 0.388 e. The molecule has 1 aliphatic carbocycles. The summed E-state index contributed by atoms with van der Waals surface area (Å²) < 4.78 is 4.25. The molecule has 0 aromatic heterocycles. The number of benzene rings is 2. The van der Waals surface area contributed by atoms with Gasteiger partial charge in [-0.05, 0) is 58.7 Å². The summed E-state index contributed by atoms with van der Waals surface area (Å²) in [5.74, 6) is 0.814. The first-order chi connectivity index (χ1) is 16.0. The molecular formula is C29H36ClNO2. The quantitative estimate of drug-likeness (QED) is 0.423. The standard InChI is InChI=1S/C21H20ClNO.C2H6O.C2H6.2C2H2/c1-14(24)23-12-19-8-9-21(22)11-18(19)7-5-16-4-6-17(15-2-3-15)10-20(16)13-23;1-3-2;3*1-2/h4-11,15H,2-3,12-13H2,1H3;1-2H3;1-2H3;2*1-2H/b7-5-;;;;. The van der Waals surface area contributed by atoms with E-state index in [9.17, 15) is 4.79 Å². The molecule has 0 unspecified atom stereocenters. The zero-order valence-corrected chi connectivity index (χ0v) is 21.2.